The lowest BCUT2D eigenvalue weighted by Gasteiger charge is -2.27. The molecule has 0 bridgehead atoms. The highest BCUT2D eigenvalue weighted by Crippen LogP contribution is 2.28. The second-order valence-electron chi connectivity index (χ2n) is 7.06. The van der Waals surface area contributed by atoms with Gasteiger partial charge in [-0.1, -0.05) is 18.2 Å². The van der Waals surface area contributed by atoms with Gasteiger partial charge >= 0.3 is 0 Å². The van der Waals surface area contributed by atoms with Gasteiger partial charge in [0.1, 0.15) is 16.5 Å². The number of nitrogens with zero attached hydrogens (tertiary/aromatic N) is 2. The van der Waals surface area contributed by atoms with Crippen LogP contribution in [0.25, 0.3) is 0 Å². The van der Waals surface area contributed by atoms with Gasteiger partial charge in [-0.3, -0.25) is 4.79 Å². The number of carbonyl (C=O) groups is 1. The maximum Gasteiger partial charge on any atom is 0.246 e. The Labute approximate surface area is 176 Å². The fourth-order valence-electron chi connectivity index (χ4n) is 3.27. The number of hydrogen-bond donors (Lipinski definition) is 0. The molecule has 2 aromatic rings. The molecular weight excluding hydrogens is 411 g/mol. The number of ether oxygens (including phenoxy) is 2. The summed E-state index contributed by atoms with van der Waals surface area (Å²) in [5.74, 6) is -0.341. The number of halogens is 1. The summed E-state index contributed by atoms with van der Waals surface area (Å²) < 4.78 is 51.4. The SMILES string of the molecule is COc1ccc(CC(=O)N(C)Cc2cccc(F)c2)cc1S(=O)(=O)N1CCOCC1. The fourth-order valence-corrected chi connectivity index (χ4v) is 4.88. The number of morpholine rings is 1. The standard InChI is InChI=1S/C21H25FN2O5S/c1-23(15-17-4-3-5-18(22)12-17)21(25)14-16-6-7-19(28-2)20(13-16)30(26,27)24-8-10-29-11-9-24/h3-7,12-13H,8-11,14-15H2,1-2H3. The topological polar surface area (TPSA) is 76.2 Å². The average molecular weight is 437 g/mol. The van der Waals surface area contributed by atoms with Gasteiger partial charge in [-0.15, -0.1) is 0 Å². The molecule has 0 aromatic heterocycles. The van der Waals surface area contributed by atoms with Crippen molar-refractivity contribution in [3.8, 4) is 5.75 Å². The molecule has 3 rings (SSSR count). The summed E-state index contributed by atoms with van der Waals surface area (Å²) in [7, 11) is -0.740. The zero-order chi connectivity index (χ0) is 21.7. The smallest absolute Gasteiger partial charge is 0.246 e. The van der Waals surface area contributed by atoms with E-state index in [-0.39, 0.29) is 48.4 Å². The van der Waals surface area contributed by atoms with E-state index in [0.717, 1.165) is 0 Å². The largest absolute Gasteiger partial charge is 0.495 e. The number of sulfonamides is 1. The highest BCUT2D eigenvalue weighted by Gasteiger charge is 2.29. The van der Waals surface area contributed by atoms with E-state index >= 15 is 0 Å². The van der Waals surface area contributed by atoms with E-state index < -0.39 is 10.0 Å². The van der Waals surface area contributed by atoms with Crippen molar-refractivity contribution >= 4 is 15.9 Å². The molecule has 7 nitrogen and oxygen atoms in total. The predicted octanol–water partition coefficient (Wildman–Crippen LogP) is 2.06. The van der Waals surface area contributed by atoms with Crippen LogP contribution in [0.3, 0.4) is 0 Å². The van der Waals surface area contributed by atoms with Crippen LogP contribution in [0.1, 0.15) is 11.1 Å². The van der Waals surface area contributed by atoms with Gasteiger partial charge in [-0.25, -0.2) is 12.8 Å². The first-order chi connectivity index (χ1) is 14.3. The molecule has 2 aromatic carbocycles. The van der Waals surface area contributed by atoms with E-state index in [0.29, 0.717) is 24.3 Å². The Bertz CT molecular complexity index is 1010. The highest BCUT2D eigenvalue weighted by molar-refractivity contribution is 7.89. The number of carbonyl (C=O) groups excluding carboxylic acids is 1. The maximum absolute atomic E-state index is 13.4. The summed E-state index contributed by atoms with van der Waals surface area (Å²) >= 11 is 0. The summed E-state index contributed by atoms with van der Waals surface area (Å²) in [5, 5.41) is 0. The van der Waals surface area contributed by atoms with E-state index in [1.165, 1.54) is 34.5 Å². The number of benzene rings is 2. The Balaban J connectivity index is 1.78. The molecule has 1 aliphatic heterocycles. The summed E-state index contributed by atoms with van der Waals surface area (Å²) in [6, 6.07) is 10.8. The molecule has 1 saturated heterocycles. The van der Waals surface area contributed by atoms with Crippen molar-refractivity contribution in [3.63, 3.8) is 0 Å². The van der Waals surface area contributed by atoms with Crippen LogP contribution >= 0.6 is 0 Å². The van der Waals surface area contributed by atoms with Crippen LogP contribution < -0.4 is 4.74 Å². The minimum atomic E-state index is -3.77. The molecule has 0 N–H and O–H groups in total. The number of rotatable bonds is 7. The Morgan fingerprint density at radius 1 is 1.17 bits per heavy atom. The van der Waals surface area contributed by atoms with Gasteiger partial charge in [-0.2, -0.15) is 4.31 Å². The number of hydrogen-bond acceptors (Lipinski definition) is 5. The maximum atomic E-state index is 13.4. The van der Waals surface area contributed by atoms with Crippen molar-refractivity contribution < 1.29 is 27.1 Å². The summed E-state index contributed by atoms with van der Waals surface area (Å²) in [6.07, 6.45) is 0.0153. The van der Waals surface area contributed by atoms with Gasteiger partial charge in [0, 0.05) is 26.7 Å². The third-order valence-electron chi connectivity index (χ3n) is 4.91. The zero-order valence-corrected chi connectivity index (χ0v) is 17.8. The van der Waals surface area contributed by atoms with Gasteiger partial charge in [0.2, 0.25) is 15.9 Å². The first-order valence-electron chi connectivity index (χ1n) is 9.54. The van der Waals surface area contributed by atoms with Crippen molar-refractivity contribution in [1.82, 2.24) is 9.21 Å². The van der Waals surface area contributed by atoms with Crippen molar-refractivity contribution in [2.45, 2.75) is 17.9 Å². The number of likely N-dealkylation sites (N-methyl/N-ethyl adjacent to an activating group) is 1. The second-order valence-corrected chi connectivity index (χ2v) is 8.96. The first kappa shape index (κ1) is 22.2. The van der Waals surface area contributed by atoms with E-state index in [9.17, 15) is 17.6 Å². The van der Waals surface area contributed by atoms with Crippen molar-refractivity contribution in [1.29, 1.82) is 0 Å². The Hall–Kier alpha value is -2.49. The molecule has 1 aliphatic rings. The van der Waals surface area contributed by atoms with Gasteiger partial charge in [0.15, 0.2) is 0 Å². The van der Waals surface area contributed by atoms with E-state index in [4.69, 9.17) is 9.47 Å². The average Bonchev–Trinajstić information content (AvgIpc) is 2.74. The minimum Gasteiger partial charge on any atom is -0.495 e. The van der Waals surface area contributed by atoms with Crippen LogP contribution in [0.4, 0.5) is 4.39 Å². The fraction of sp³-hybridized carbons (Fsp3) is 0.381. The molecular formula is C21H25FN2O5S. The van der Waals surface area contributed by atoms with Gasteiger partial charge in [-0.05, 0) is 35.4 Å². The second kappa shape index (κ2) is 9.55. The van der Waals surface area contributed by atoms with E-state index in [1.54, 1.807) is 31.3 Å². The third kappa shape index (κ3) is 5.16. The Kier molecular flexibility index (Phi) is 7.06. The Morgan fingerprint density at radius 2 is 1.90 bits per heavy atom. The molecule has 1 amide bonds. The minimum absolute atomic E-state index is 0.0153. The molecule has 0 saturated carbocycles. The molecule has 30 heavy (non-hydrogen) atoms. The van der Waals surface area contributed by atoms with Crippen molar-refractivity contribution in [3.05, 3.63) is 59.4 Å². The van der Waals surface area contributed by atoms with Crippen LogP contribution in [0.2, 0.25) is 0 Å². The molecule has 0 spiro atoms. The molecule has 0 aliphatic carbocycles. The molecule has 1 fully saturated rings. The quantitative estimate of drug-likeness (QED) is 0.664. The van der Waals surface area contributed by atoms with Gasteiger partial charge in [0.05, 0.1) is 26.7 Å². The summed E-state index contributed by atoms with van der Waals surface area (Å²) in [6.45, 7) is 1.47. The lowest BCUT2D eigenvalue weighted by Crippen LogP contribution is -2.40. The van der Waals surface area contributed by atoms with Crippen LogP contribution in [-0.2, 0) is 32.5 Å². The molecule has 162 valence electrons. The summed E-state index contributed by atoms with van der Waals surface area (Å²) in [4.78, 5) is 14.2. The predicted molar refractivity (Wildman–Crippen MR) is 109 cm³/mol. The molecule has 1 heterocycles. The lowest BCUT2D eigenvalue weighted by molar-refractivity contribution is -0.129. The third-order valence-corrected chi connectivity index (χ3v) is 6.83. The number of methoxy groups -OCH3 is 1. The normalized spacial score (nSPS) is 15.0. The van der Waals surface area contributed by atoms with Crippen molar-refractivity contribution in [2.24, 2.45) is 0 Å². The molecule has 0 unspecified atom stereocenters. The van der Waals surface area contributed by atoms with E-state index in [2.05, 4.69) is 0 Å². The molecule has 0 atom stereocenters. The highest BCUT2D eigenvalue weighted by atomic mass is 32.2. The monoisotopic (exact) mass is 436 g/mol. The van der Waals surface area contributed by atoms with Gasteiger partial charge < -0.3 is 14.4 Å². The Morgan fingerprint density at radius 3 is 2.57 bits per heavy atom. The first-order valence-corrected chi connectivity index (χ1v) is 11.0. The van der Waals surface area contributed by atoms with Crippen LogP contribution in [0.15, 0.2) is 47.4 Å². The van der Waals surface area contributed by atoms with Crippen LogP contribution in [0, 0.1) is 5.82 Å². The molecule has 0 radical (unpaired) electrons. The van der Waals surface area contributed by atoms with Crippen LogP contribution in [0.5, 0.6) is 5.75 Å². The van der Waals surface area contributed by atoms with Crippen molar-refractivity contribution in [2.75, 3.05) is 40.5 Å². The lowest BCUT2D eigenvalue weighted by atomic mass is 10.1. The summed E-state index contributed by atoms with van der Waals surface area (Å²) in [5.41, 5.74) is 1.23. The zero-order valence-electron chi connectivity index (χ0n) is 17.0. The van der Waals surface area contributed by atoms with Crippen LogP contribution in [-0.4, -0.2) is 64.0 Å². The van der Waals surface area contributed by atoms with Gasteiger partial charge in [0.25, 0.3) is 0 Å². The van der Waals surface area contributed by atoms with E-state index in [1.807, 2.05) is 0 Å². The number of amides is 1. The molecule has 9 heteroatoms.